The number of aliphatic hydroxyl groups is 2. The van der Waals surface area contributed by atoms with Gasteiger partial charge in [0, 0.05) is 22.6 Å². The van der Waals surface area contributed by atoms with Gasteiger partial charge in [-0.25, -0.2) is 13.1 Å². The third kappa shape index (κ3) is 5.53. The second-order valence-electron chi connectivity index (χ2n) is 6.39. The number of hydrogen-bond acceptors (Lipinski definition) is 5. The Morgan fingerprint density at radius 3 is 2.42 bits per heavy atom. The van der Waals surface area contributed by atoms with E-state index in [0.29, 0.717) is 16.6 Å². The van der Waals surface area contributed by atoms with Gasteiger partial charge in [-0.05, 0) is 36.8 Å². The maximum atomic E-state index is 11.6. The van der Waals surface area contributed by atoms with Crippen molar-refractivity contribution in [3.8, 4) is 0 Å². The molecule has 0 heterocycles. The molecule has 0 fully saturated rings. The van der Waals surface area contributed by atoms with Crippen molar-refractivity contribution in [2.75, 3.05) is 6.26 Å². The average molecular weight is 421 g/mol. The van der Waals surface area contributed by atoms with Crippen LogP contribution < -0.4 is 10.0 Å². The molecule has 9 heteroatoms. The molecule has 1 aromatic rings. The number of hydrogen-bond donors (Lipinski definition) is 4. The highest BCUT2D eigenvalue weighted by Gasteiger charge is 2.44. The van der Waals surface area contributed by atoms with Crippen molar-refractivity contribution in [3.63, 3.8) is 0 Å². The summed E-state index contributed by atoms with van der Waals surface area (Å²) in [7, 11) is -3.57. The van der Waals surface area contributed by atoms with Crippen LogP contribution in [0.4, 0.5) is 0 Å². The maximum absolute atomic E-state index is 11.6. The predicted octanol–water partition coefficient (Wildman–Crippen LogP) is 1.61. The fourth-order valence-corrected chi connectivity index (χ4v) is 4.09. The number of nitrogens with one attached hydrogen (secondary N) is 2. The Morgan fingerprint density at radius 2 is 1.85 bits per heavy atom. The van der Waals surface area contributed by atoms with Gasteiger partial charge in [-0.3, -0.25) is 0 Å². The van der Waals surface area contributed by atoms with Crippen LogP contribution in [0.15, 0.2) is 42.5 Å². The lowest BCUT2D eigenvalue weighted by Gasteiger charge is -2.40. The summed E-state index contributed by atoms with van der Waals surface area (Å²) in [5.41, 5.74) is -0.977. The molecule has 6 nitrogen and oxygen atoms in total. The Balaban J connectivity index is 2.10. The van der Waals surface area contributed by atoms with Crippen LogP contribution >= 0.6 is 23.2 Å². The zero-order chi connectivity index (χ0) is 19.5. The minimum atomic E-state index is -3.57. The van der Waals surface area contributed by atoms with Gasteiger partial charge in [0.1, 0.15) is 11.7 Å². The van der Waals surface area contributed by atoms with Crippen molar-refractivity contribution in [1.82, 2.24) is 10.0 Å². The topological polar surface area (TPSA) is 98.7 Å². The monoisotopic (exact) mass is 420 g/mol. The predicted molar refractivity (Wildman–Crippen MR) is 104 cm³/mol. The van der Waals surface area contributed by atoms with Gasteiger partial charge in [0.15, 0.2) is 0 Å². The van der Waals surface area contributed by atoms with Crippen LogP contribution in [-0.2, 0) is 16.6 Å². The molecule has 4 N–H and O–H groups in total. The van der Waals surface area contributed by atoms with E-state index < -0.39 is 33.8 Å². The summed E-state index contributed by atoms with van der Waals surface area (Å²) in [5, 5.41) is 25.7. The number of rotatable bonds is 7. The molecule has 4 atom stereocenters. The summed E-state index contributed by atoms with van der Waals surface area (Å²) in [6.07, 6.45) is 5.76. The van der Waals surface area contributed by atoms with E-state index in [-0.39, 0.29) is 0 Å². The van der Waals surface area contributed by atoms with E-state index in [0.717, 1.165) is 11.8 Å². The highest BCUT2D eigenvalue weighted by Crippen LogP contribution is 2.26. The summed E-state index contributed by atoms with van der Waals surface area (Å²) < 4.78 is 25.4. The van der Waals surface area contributed by atoms with Crippen molar-refractivity contribution in [1.29, 1.82) is 0 Å². The lowest BCUT2D eigenvalue weighted by Crippen LogP contribution is -2.62. The number of sulfonamides is 1. The molecule has 0 aromatic heterocycles. The molecule has 0 amide bonds. The SMILES string of the molecule is C[C@H](NCc1cc(Cl)cc(Cl)c1)[C@@H](O)C1(O)C=CC=CC1NS(C)(=O)=O. The molecule has 0 saturated heterocycles. The van der Waals surface area contributed by atoms with Crippen molar-refractivity contribution < 1.29 is 18.6 Å². The van der Waals surface area contributed by atoms with E-state index in [4.69, 9.17) is 23.2 Å². The van der Waals surface area contributed by atoms with Crippen LogP contribution in [-0.4, -0.2) is 48.7 Å². The Hall–Kier alpha value is -0.930. The highest BCUT2D eigenvalue weighted by atomic mass is 35.5. The van der Waals surface area contributed by atoms with Gasteiger partial charge < -0.3 is 15.5 Å². The van der Waals surface area contributed by atoms with Crippen LogP contribution in [0, 0.1) is 0 Å². The maximum Gasteiger partial charge on any atom is 0.209 e. The first kappa shape index (κ1) is 21.4. The van der Waals surface area contributed by atoms with Gasteiger partial charge in [-0.1, -0.05) is 41.4 Å². The number of aliphatic hydroxyl groups excluding tert-OH is 1. The van der Waals surface area contributed by atoms with Crippen molar-refractivity contribution >= 4 is 33.2 Å². The molecule has 0 spiro atoms. The van der Waals surface area contributed by atoms with E-state index in [1.54, 1.807) is 37.3 Å². The minimum absolute atomic E-state index is 0.359. The first-order valence-corrected chi connectivity index (χ1v) is 10.6. The number of allylic oxidation sites excluding steroid dienone is 2. The van der Waals surface area contributed by atoms with Gasteiger partial charge in [0.05, 0.1) is 12.3 Å². The Labute approximate surface area is 163 Å². The smallest absolute Gasteiger partial charge is 0.209 e. The number of benzene rings is 1. The molecule has 2 unspecified atom stereocenters. The molecule has 26 heavy (non-hydrogen) atoms. The van der Waals surface area contributed by atoms with Gasteiger partial charge in [0.25, 0.3) is 0 Å². The van der Waals surface area contributed by atoms with Crippen molar-refractivity contribution in [2.45, 2.75) is 37.3 Å². The van der Waals surface area contributed by atoms with Crippen LogP contribution in [0.1, 0.15) is 12.5 Å². The van der Waals surface area contributed by atoms with Crippen molar-refractivity contribution in [3.05, 3.63) is 58.1 Å². The fourth-order valence-electron chi connectivity index (χ4n) is 2.79. The zero-order valence-electron chi connectivity index (χ0n) is 14.4. The highest BCUT2D eigenvalue weighted by molar-refractivity contribution is 7.88. The van der Waals surface area contributed by atoms with Gasteiger partial charge in [0.2, 0.25) is 10.0 Å². The third-order valence-corrected chi connectivity index (χ3v) is 5.23. The molecule has 0 saturated carbocycles. The first-order valence-electron chi connectivity index (χ1n) is 7.93. The van der Waals surface area contributed by atoms with Gasteiger partial charge >= 0.3 is 0 Å². The Morgan fingerprint density at radius 1 is 1.23 bits per heavy atom. The largest absolute Gasteiger partial charge is 0.388 e. The summed E-state index contributed by atoms with van der Waals surface area (Å²) in [6, 6.07) is 3.56. The van der Waals surface area contributed by atoms with Gasteiger partial charge in [-0.15, -0.1) is 0 Å². The normalized spacial score (nSPS) is 25.2. The Bertz CT molecular complexity index is 793. The molecular weight excluding hydrogens is 399 g/mol. The first-order chi connectivity index (χ1) is 12.0. The van der Waals surface area contributed by atoms with Crippen molar-refractivity contribution in [2.24, 2.45) is 0 Å². The fraction of sp³-hybridized carbons (Fsp3) is 0.412. The molecule has 144 valence electrons. The second kappa shape index (κ2) is 8.39. The quantitative estimate of drug-likeness (QED) is 0.536. The molecule has 0 aliphatic heterocycles. The number of halogens is 2. The zero-order valence-corrected chi connectivity index (χ0v) is 16.7. The van der Waals surface area contributed by atoms with Crippen LogP contribution in [0.25, 0.3) is 0 Å². The second-order valence-corrected chi connectivity index (χ2v) is 9.04. The summed E-state index contributed by atoms with van der Waals surface area (Å²) in [4.78, 5) is 0. The van der Waals surface area contributed by atoms with E-state index >= 15 is 0 Å². The molecule has 2 rings (SSSR count). The Kier molecular flexibility index (Phi) is 6.90. The minimum Gasteiger partial charge on any atom is -0.388 e. The molecule has 0 radical (unpaired) electrons. The van der Waals surface area contributed by atoms with Crippen LogP contribution in [0.2, 0.25) is 10.0 Å². The van der Waals surface area contributed by atoms with E-state index in [1.807, 2.05) is 0 Å². The molecule has 1 aliphatic carbocycles. The summed E-state index contributed by atoms with van der Waals surface area (Å²) >= 11 is 11.9. The van der Waals surface area contributed by atoms with Crippen LogP contribution in [0.5, 0.6) is 0 Å². The molecule has 1 aromatic carbocycles. The average Bonchev–Trinajstić information content (AvgIpc) is 2.52. The summed E-state index contributed by atoms with van der Waals surface area (Å²) in [5.74, 6) is 0. The standard InChI is InChI=1S/C17H22Cl2N2O4S/c1-11(20-10-12-7-13(18)9-14(19)8-12)16(22)17(23)6-4-3-5-15(17)21-26(2,24)25/h3-9,11,15-16,20-23H,10H2,1-2H3/t11-,15?,16+,17?/m0/s1. The third-order valence-electron chi connectivity index (χ3n) is 4.12. The van der Waals surface area contributed by atoms with Gasteiger partial charge in [-0.2, -0.15) is 0 Å². The molecule has 0 bridgehead atoms. The van der Waals surface area contributed by atoms with E-state index in [9.17, 15) is 18.6 Å². The van der Waals surface area contributed by atoms with Crippen LogP contribution in [0.3, 0.4) is 0 Å². The molecular formula is C17H22Cl2N2O4S. The lowest BCUT2D eigenvalue weighted by molar-refractivity contribution is -0.0650. The van der Waals surface area contributed by atoms with E-state index in [1.165, 1.54) is 12.2 Å². The molecule has 1 aliphatic rings. The summed E-state index contributed by atoms with van der Waals surface area (Å²) in [6.45, 7) is 2.05. The van der Waals surface area contributed by atoms with E-state index in [2.05, 4.69) is 10.0 Å². The lowest BCUT2D eigenvalue weighted by atomic mass is 9.82.